The van der Waals surface area contributed by atoms with Crippen molar-refractivity contribution in [2.75, 3.05) is 28.4 Å². The fourth-order valence-corrected chi connectivity index (χ4v) is 5.96. The molecule has 0 aromatic carbocycles. The fraction of sp³-hybridized carbons (Fsp3) is 0.556. The number of rotatable bonds is 8. The van der Waals surface area contributed by atoms with E-state index in [0.29, 0.717) is 0 Å². The Labute approximate surface area is 102 Å². The molecule has 0 aliphatic heterocycles. The molecule has 0 fully saturated rings. The molecule has 0 aromatic heterocycles. The van der Waals surface area contributed by atoms with Gasteiger partial charge in [0.05, 0.1) is 0 Å². The molecule has 6 nitrogen and oxygen atoms in total. The first-order valence-corrected chi connectivity index (χ1v) is 7.65. The summed E-state index contributed by atoms with van der Waals surface area (Å²) < 4.78 is 44.3. The average Bonchev–Trinajstić information content (AvgIpc) is 2.39. The van der Waals surface area contributed by atoms with Crippen LogP contribution >= 0.6 is 15.2 Å². The molecule has 0 radical (unpaired) electrons. The highest BCUT2D eigenvalue weighted by Crippen LogP contribution is 2.77. The monoisotopic (exact) mass is 284 g/mol. The highest BCUT2D eigenvalue weighted by Gasteiger charge is 2.60. The minimum atomic E-state index is -3.83. The lowest BCUT2D eigenvalue weighted by molar-refractivity contribution is 0.242. The van der Waals surface area contributed by atoms with Crippen molar-refractivity contribution in [3.05, 3.63) is 25.3 Å². The third-order valence-electron chi connectivity index (χ3n) is 2.44. The van der Waals surface area contributed by atoms with Crippen LogP contribution in [-0.4, -0.2) is 33.3 Å². The molecule has 0 rings (SSSR count). The lowest BCUT2D eigenvalue weighted by atomic mass is 10.4. The van der Waals surface area contributed by atoms with Gasteiger partial charge in [-0.15, -0.1) is 13.2 Å². The second kappa shape index (κ2) is 6.10. The number of hydrogen-bond donors (Lipinski definition) is 0. The van der Waals surface area contributed by atoms with Gasteiger partial charge in [0.2, 0.25) is 4.90 Å². The van der Waals surface area contributed by atoms with Crippen molar-refractivity contribution >= 4 is 15.2 Å². The van der Waals surface area contributed by atoms with E-state index in [1.807, 2.05) is 0 Å². The molecule has 0 N–H and O–H groups in total. The van der Waals surface area contributed by atoms with Crippen LogP contribution in [0.25, 0.3) is 0 Å². The fourth-order valence-electron chi connectivity index (χ4n) is 1.41. The van der Waals surface area contributed by atoms with E-state index in [-0.39, 0.29) is 0 Å². The van der Waals surface area contributed by atoms with Crippen LogP contribution < -0.4 is 0 Å². The SMILES string of the molecule is C=CC(C=C)(P(=O)(OC)OC)P(=O)(OC)OC. The molecule has 0 aliphatic carbocycles. The smallest absolute Gasteiger partial charge is 0.311 e. The molecule has 0 spiro atoms. The van der Waals surface area contributed by atoms with Gasteiger partial charge in [-0.25, -0.2) is 0 Å². The predicted molar refractivity (Wildman–Crippen MR) is 66.4 cm³/mol. The summed E-state index contributed by atoms with van der Waals surface area (Å²) in [5.41, 5.74) is 0. The van der Waals surface area contributed by atoms with Crippen molar-refractivity contribution in [2.24, 2.45) is 0 Å². The Kier molecular flexibility index (Phi) is 6.02. The number of allylic oxidation sites excluding steroid dienone is 2. The van der Waals surface area contributed by atoms with E-state index in [2.05, 4.69) is 13.2 Å². The minimum Gasteiger partial charge on any atom is -0.311 e. The molecular weight excluding hydrogens is 266 g/mol. The zero-order valence-electron chi connectivity index (χ0n) is 10.4. The zero-order valence-corrected chi connectivity index (χ0v) is 12.2. The van der Waals surface area contributed by atoms with Crippen LogP contribution in [0.15, 0.2) is 25.3 Å². The molecule has 0 amide bonds. The summed E-state index contributed by atoms with van der Waals surface area (Å²) in [7, 11) is -2.98. The zero-order chi connectivity index (χ0) is 13.7. The highest BCUT2D eigenvalue weighted by molar-refractivity contribution is 7.75. The summed E-state index contributed by atoms with van der Waals surface area (Å²) in [6.45, 7) is 6.98. The second-order valence-corrected chi connectivity index (χ2v) is 8.20. The lowest BCUT2D eigenvalue weighted by Crippen LogP contribution is -2.26. The third kappa shape index (κ3) is 2.34. The van der Waals surface area contributed by atoms with Gasteiger partial charge in [-0.05, 0) is 0 Å². The lowest BCUT2D eigenvalue weighted by Gasteiger charge is -2.36. The Morgan fingerprint density at radius 1 is 0.824 bits per heavy atom. The molecule has 17 heavy (non-hydrogen) atoms. The number of hydrogen-bond acceptors (Lipinski definition) is 6. The van der Waals surface area contributed by atoms with Crippen LogP contribution in [0.5, 0.6) is 0 Å². The van der Waals surface area contributed by atoms with Crippen molar-refractivity contribution in [2.45, 2.75) is 4.90 Å². The quantitative estimate of drug-likeness (QED) is 0.504. The summed E-state index contributed by atoms with van der Waals surface area (Å²) in [6, 6.07) is 0. The van der Waals surface area contributed by atoms with Crippen molar-refractivity contribution in [1.29, 1.82) is 0 Å². The first-order valence-electron chi connectivity index (χ1n) is 4.57. The Morgan fingerprint density at radius 2 is 1.06 bits per heavy atom. The molecule has 0 saturated heterocycles. The summed E-state index contributed by atoms with van der Waals surface area (Å²) in [6.07, 6.45) is 2.28. The van der Waals surface area contributed by atoms with Gasteiger partial charge in [0, 0.05) is 28.4 Å². The van der Waals surface area contributed by atoms with E-state index in [1.165, 1.54) is 28.4 Å². The highest BCUT2D eigenvalue weighted by atomic mass is 31.2. The van der Waals surface area contributed by atoms with Crippen LogP contribution in [-0.2, 0) is 27.2 Å². The Morgan fingerprint density at radius 3 is 1.18 bits per heavy atom. The average molecular weight is 284 g/mol. The molecule has 0 atom stereocenters. The van der Waals surface area contributed by atoms with Gasteiger partial charge >= 0.3 is 15.2 Å². The van der Waals surface area contributed by atoms with Crippen molar-refractivity contribution in [3.8, 4) is 0 Å². The predicted octanol–water partition coefficient (Wildman–Crippen LogP) is 3.03. The third-order valence-corrected chi connectivity index (χ3v) is 8.32. The molecular formula is C9H18O6P2. The Balaban J connectivity index is 6.12. The summed E-state index contributed by atoms with van der Waals surface area (Å²) in [5, 5.41) is 0. The summed E-state index contributed by atoms with van der Waals surface area (Å²) in [5.74, 6) is 0. The van der Waals surface area contributed by atoms with Crippen molar-refractivity contribution in [3.63, 3.8) is 0 Å². The van der Waals surface area contributed by atoms with Crippen molar-refractivity contribution in [1.82, 2.24) is 0 Å². The van der Waals surface area contributed by atoms with Gasteiger partial charge in [-0.3, -0.25) is 9.13 Å². The van der Waals surface area contributed by atoms with Crippen molar-refractivity contribution < 1.29 is 27.2 Å². The van der Waals surface area contributed by atoms with E-state index in [1.54, 1.807) is 0 Å². The second-order valence-electron chi connectivity index (χ2n) is 2.92. The largest absolute Gasteiger partial charge is 0.356 e. The van der Waals surface area contributed by atoms with E-state index in [9.17, 15) is 9.13 Å². The maximum atomic E-state index is 12.5. The molecule has 0 aliphatic rings. The van der Waals surface area contributed by atoms with Gasteiger partial charge in [-0.2, -0.15) is 0 Å². The van der Waals surface area contributed by atoms with Crippen LogP contribution in [0.2, 0.25) is 0 Å². The standard InChI is InChI=1S/C9H18O6P2/c1-7-9(8-2,16(10,12-3)13-4)17(11,14-5)15-6/h7-8H,1-2H2,3-6H3. The topological polar surface area (TPSA) is 71.1 Å². The first-order chi connectivity index (χ1) is 7.86. The van der Waals surface area contributed by atoms with Crippen LogP contribution in [0.4, 0.5) is 0 Å². The molecule has 8 heteroatoms. The molecule has 0 bridgehead atoms. The van der Waals surface area contributed by atoms with Gasteiger partial charge in [0.1, 0.15) is 0 Å². The molecule has 100 valence electrons. The molecule has 0 heterocycles. The van der Waals surface area contributed by atoms with Crippen LogP contribution in [0.1, 0.15) is 0 Å². The summed E-state index contributed by atoms with van der Waals surface area (Å²) >= 11 is 0. The Bertz CT molecular complexity index is 326. The van der Waals surface area contributed by atoms with Gasteiger partial charge < -0.3 is 18.1 Å². The van der Waals surface area contributed by atoms with Gasteiger partial charge in [0.15, 0.2) is 0 Å². The van der Waals surface area contributed by atoms with E-state index in [0.717, 1.165) is 12.2 Å². The maximum Gasteiger partial charge on any atom is 0.356 e. The normalized spacial score (nSPS) is 13.4. The Hall–Kier alpha value is -0.220. The molecule has 0 aromatic rings. The van der Waals surface area contributed by atoms with Crippen LogP contribution in [0, 0.1) is 0 Å². The molecule has 0 unspecified atom stereocenters. The van der Waals surface area contributed by atoms with Gasteiger partial charge in [-0.1, -0.05) is 12.2 Å². The molecule has 0 saturated carbocycles. The van der Waals surface area contributed by atoms with E-state index < -0.39 is 20.1 Å². The van der Waals surface area contributed by atoms with Crippen LogP contribution in [0.3, 0.4) is 0 Å². The maximum absolute atomic E-state index is 12.5. The summed E-state index contributed by atoms with van der Waals surface area (Å²) in [4.78, 5) is -1.76. The first kappa shape index (κ1) is 16.8. The van der Waals surface area contributed by atoms with Gasteiger partial charge in [0.25, 0.3) is 0 Å². The minimum absolute atomic E-state index is 1.14. The van der Waals surface area contributed by atoms with E-state index >= 15 is 0 Å². The van der Waals surface area contributed by atoms with E-state index in [4.69, 9.17) is 18.1 Å².